The first-order valence-corrected chi connectivity index (χ1v) is 22.8. The predicted molar refractivity (Wildman–Crippen MR) is 231 cm³/mol. The monoisotopic (exact) mass is 957 g/mol. The van der Waals surface area contributed by atoms with Crippen LogP contribution in [0.5, 0.6) is 6.01 Å². The molecule has 0 saturated carbocycles. The average Bonchev–Trinajstić information content (AvgIpc) is 3.24. The highest BCUT2D eigenvalue weighted by Crippen LogP contribution is 2.43. The SMILES string of the molecule is C=C(C(=O)c1cccc(S(=O)(=O)O)c1)C(=O)N(C)C1c2ccccc2C(=O)c2c(Nc3cc(Nc4nc(O)nc(Nc5ccccc5C(=O)O)n4)c(S(=O)(=O)O)cc3S(=O)(=O)O)cccc21. The van der Waals surface area contributed by atoms with Crippen LogP contribution in [-0.2, 0) is 35.1 Å². The van der Waals surface area contributed by atoms with Gasteiger partial charge in [-0.15, -0.1) is 0 Å². The van der Waals surface area contributed by atoms with E-state index in [0.717, 1.165) is 23.1 Å². The minimum atomic E-state index is -5.39. The molecule has 5 aromatic carbocycles. The lowest BCUT2D eigenvalue weighted by Gasteiger charge is -2.35. The normalized spacial score (nSPS) is 13.5. The number of aromatic carboxylic acids is 1. The van der Waals surface area contributed by atoms with Crippen molar-refractivity contribution in [2.24, 2.45) is 0 Å². The Morgan fingerprint density at radius 1 is 0.652 bits per heavy atom. The van der Waals surface area contributed by atoms with Crippen LogP contribution < -0.4 is 16.0 Å². The van der Waals surface area contributed by atoms with Gasteiger partial charge < -0.3 is 31.1 Å². The summed E-state index contributed by atoms with van der Waals surface area (Å²) in [6, 6.07) is 19.0. The average molecular weight is 958 g/mol. The van der Waals surface area contributed by atoms with Gasteiger partial charge in [0.25, 0.3) is 36.3 Å². The molecule has 0 radical (unpaired) electrons. The lowest BCUT2D eigenvalue weighted by atomic mass is 9.80. The number of benzene rings is 5. The molecule has 1 aliphatic carbocycles. The first-order chi connectivity index (χ1) is 30.9. The predicted octanol–water partition coefficient (Wildman–Crippen LogP) is 4.78. The Labute approximate surface area is 373 Å². The number of aromatic nitrogens is 3. The van der Waals surface area contributed by atoms with Gasteiger partial charge in [-0.05, 0) is 53.6 Å². The molecule has 1 aromatic heterocycles. The number of amides is 1. The van der Waals surface area contributed by atoms with Gasteiger partial charge in [-0.2, -0.15) is 40.2 Å². The summed E-state index contributed by atoms with van der Waals surface area (Å²) in [4.78, 5) is 63.2. The summed E-state index contributed by atoms with van der Waals surface area (Å²) >= 11 is 0. The summed E-state index contributed by atoms with van der Waals surface area (Å²) in [6.07, 6.45) is 0. The Kier molecular flexibility index (Phi) is 12.0. The topological polar surface area (TPSA) is 350 Å². The Balaban J connectivity index is 1.31. The molecule has 7 rings (SSSR count). The fourth-order valence-corrected chi connectivity index (χ4v) is 8.95. The van der Waals surface area contributed by atoms with Crippen molar-refractivity contribution < 1.29 is 68.3 Å². The molecule has 0 bridgehead atoms. The summed E-state index contributed by atoms with van der Waals surface area (Å²) < 4.78 is 105. The Morgan fingerprint density at radius 2 is 1.21 bits per heavy atom. The van der Waals surface area contributed by atoms with Crippen molar-refractivity contribution in [2.75, 3.05) is 23.0 Å². The lowest BCUT2D eigenvalue weighted by molar-refractivity contribution is -0.127. The Bertz CT molecular complexity index is 3440. The number of para-hydroxylation sites is 1. The molecule has 0 saturated heterocycles. The van der Waals surface area contributed by atoms with Gasteiger partial charge in [-0.25, -0.2) is 4.79 Å². The van der Waals surface area contributed by atoms with E-state index in [0.29, 0.717) is 6.07 Å². The number of anilines is 6. The molecule has 1 unspecified atom stereocenters. The second-order valence-corrected chi connectivity index (χ2v) is 18.3. The Hall–Kier alpha value is -7.94. The lowest BCUT2D eigenvalue weighted by Crippen LogP contribution is -2.38. The van der Waals surface area contributed by atoms with Crippen LogP contribution in [0.4, 0.5) is 34.6 Å². The van der Waals surface area contributed by atoms with Crippen LogP contribution >= 0.6 is 0 Å². The van der Waals surface area contributed by atoms with Crippen molar-refractivity contribution in [3.8, 4) is 6.01 Å². The maximum atomic E-state index is 14.4. The highest BCUT2D eigenvalue weighted by atomic mass is 32.2. The zero-order chi connectivity index (χ0) is 48.0. The summed E-state index contributed by atoms with van der Waals surface area (Å²) in [7, 11) is -14.2. The minimum Gasteiger partial charge on any atom is -0.479 e. The molecule has 0 fully saturated rings. The molecule has 66 heavy (non-hydrogen) atoms. The minimum absolute atomic E-state index is 0.0344. The molecule has 0 spiro atoms. The van der Waals surface area contributed by atoms with Crippen molar-refractivity contribution in [2.45, 2.75) is 20.7 Å². The third-order valence-corrected chi connectivity index (χ3v) is 12.6. The van der Waals surface area contributed by atoms with Gasteiger partial charge in [0.15, 0.2) is 11.6 Å². The molecule has 6 aromatic rings. The van der Waals surface area contributed by atoms with Crippen LogP contribution in [0.15, 0.2) is 130 Å². The number of likely N-dealkylation sites (N-methyl/N-ethyl adjacent to an activating group) is 1. The summed E-state index contributed by atoms with van der Waals surface area (Å²) in [6.45, 7) is 3.64. The van der Waals surface area contributed by atoms with E-state index in [2.05, 4.69) is 37.5 Å². The van der Waals surface area contributed by atoms with E-state index in [1.165, 1.54) is 79.8 Å². The molecule has 1 aliphatic rings. The van der Waals surface area contributed by atoms with E-state index in [4.69, 9.17) is 0 Å². The van der Waals surface area contributed by atoms with Crippen molar-refractivity contribution in [1.82, 2.24) is 19.9 Å². The van der Waals surface area contributed by atoms with E-state index in [9.17, 15) is 68.3 Å². The third kappa shape index (κ3) is 9.18. The number of carboxylic acids is 1. The largest absolute Gasteiger partial charge is 0.479 e. The number of rotatable bonds is 14. The molecule has 1 atom stereocenters. The third-order valence-electron chi connectivity index (χ3n) is 9.93. The molecule has 8 N–H and O–H groups in total. The summed E-state index contributed by atoms with van der Waals surface area (Å²) in [5.74, 6) is -5.08. The van der Waals surface area contributed by atoms with Gasteiger partial charge >= 0.3 is 12.0 Å². The highest BCUT2D eigenvalue weighted by molar-refractivity contribution is 7.87. The Morgan fingerprint density at radius 3 is 1.85 bits per heavy atom. The second kappa shape index (κ2) is 17.2. The fourth-order valence-electron chi connectivity index (χ4n) is 7.04. The molecule has 338 valence electrons. The number of carbonyl (C=O) groups excluding carboxylic acids is 3. The van der Waals surface area contributed by atoms with E-state index < -0.39 is 109 Å². The second-order valence-electron chi connectivity index (χ2n) is 14.1. The van der Waals surface area contributed by atoms with E-state index in [1.54, 1.807) is 6.07 Å². The molecule has 1 amide bonds. The van der Waals surface area contributed by atoms with Crippen LogP contribution in [-0.4, -0.2) is 99.5 Å². The molecule has 1 heterocycles. The molecular formula is C41H31N7O15S3. The number of fused-ring (bicyclic) bond motifs is 2. The van der Waals surface area contributed by atoms with Gasteiger partial charge in [-0.1, -0.05) is 67.2 Å². The maximum Gasteiger partial charge on any atom is 0.337 e. The quantitative estimate of drug-likeness (QED) is 0.0239. The number of hydrogen-bond donors (Lipinski definition) is 8. The standard InChI is InChI=1S/C41H31N7O15S3/c1-20(35(49)21-9-7-10-22(17-21)64(55,56)57)37(51)48(2)34-23-11-3-4-12-24(23)36(50)33-26(34)14-8-16-28(33)42-29-18-30(32(66(61,62)63)19-31(29)65(58,59)60)44-40-45-39(46-41(54)47-40)43-27-15-6-5-13-25(27)38(52)53/h3-19,34,42H,1H2,2H3,(H,52,53)(H,55,56,57)(H,58,59,60)(H,61,62,63)(H3,43,44,45,46,47,54). The molecular weight excluding hydrogens is 927 g/mol. The van der Waals surface area contributed by atoms with Crippen LogP contribution in [0.2, 0.25) is 0 Å². The highest BCUT2D eigenvalue weighted by Gasteiger charge is 2.38. The van der Waals surface area contributed by atoms with Gasteiger partial charge in [-0.3, -0.25) is 28.0 Å². The number of ketones is 2. The zero-order valence-corrected chi connectivity index (χ0v) is 35.9. The van der Waals surface area contributed by atoms with Crippen LogP contribution in [0.25, 0.3) is 0 Å². The van der Waals surface area contributed by atoms with Crippen LogP contribution in [0.1, 0.15) is 53.8 Å². The number of aromatic hydroxyl groups is 1. The number of hydrogen-bond acceptors (Lipinski definition) is 17. The van der Waals surface area contributed by atoms with E-state index in [-0.39, 0.29) is 44.8 Å². The molecule has 0 aliphatic heterocycles. The van der Waals surface area contributed by atoms with Gasteiger partial charge in [0.1, 0.15) is 9.79 Å². The van der Waals surface area contributed by atoms with Gasteiger partial charge in [0, 0.05) is 18.2 Å². The van der Waals surface area contributed by atoms with Gasteiger partial charge in [0.05, 0.1) is 50.4 Å². The van der Waals surface area contributed by atoms with Crippen molar-refractivity contribution >= 4 is 88.4 Å². The molecule has 22 nitrogen and oxygen atoms in total. The first kappa shape index (κ1) is 46.1. The number of Topliss-reactive ketones (excluding diaryl/α,β-unsaturated/α-hetero) is 1. The van der Waals surface area contributed by atoms with Crippen molar-refractivity contribution in [3.05, 3.63) is 149 Å². The number of nitrogens with one attached hydrogen (secondary N) is 3. The fraction of sp³-hybridized carbons (Fsp3) is 0.0488. The maximum absolute atomic E-state index is 14.4. The van der Waals surface area contributed by atoms with Gasteiger partial charge in [0.2, 0.25) is 11.9 Å². The van der Waals surface area contributed by atoms with Crippen LogP contribution in [0, 0.1) is 0 Å². The number of carboxylic acid groups (broad SMARTS) is 1. The zero-order valence-electron chi connectivity index (χ0n) is 33.4. The molecule has 25 heteroatoms. The van der Waals surface area contributed by atoms with Crippen LogP contribution in [0.3, 0.4) is 0 Å². The smallest absolute Gasteiger partial charge is 0.337 e. The van der Waals surface area contributed by atoms with E-state index in [1.807, 2.05) is 0 Å². The first-order valence-electron chi connectivity index (χ1n) is 18.5. The summed E-state index contributed by atoms with van der Waals surface area (Å²) in [5.41, 5.74) is -2.40. The number of carbonyl (C=O) groups is 4. The summed E-state index contributed by atoms with van der Waals surface area (Å²) in [5, 5.41) is 27.7. The van der Waals surface area contributed by atoms with E-state index >= 15 is 0 Å². The van der Waals surface area contributed by atoms with Crippen molar-refractivity contribution in [1.29, 1.82) is 0 Å². The number of nitrogens with zero attached hydrogens (tertiary/aromatic N) is 4. The van der Waals surface area contributed by atoms with Crippen molar-refractivity contribution in [3.63, 3.8) is 0 Å².